The van der Waals surface area contributed by atoms with Gasteiger partial charge in [-0.25, -0.2) is 0 Å². The normalized spacial score (nSPS) is 32.2. The zero-order valence-corrected chi connectivity index (χ0v) is 10.6. The van der Waals surface area contributed by atoms with Gasteiger partial charge in [0.2, 0.25) is 0 Å². The summed E-state index contributed by atoms with van der Waals surface area (Å²) in [6.07, 6.45) is 5.74. The molecule has 4 rings (SSSR count). The van der Waals surface area contributed by atoms with Crippen LogP contribution in [0.5, 0.6) is 5.75 Å². The maximum absolute atomic E-state index is 12.0. The van der Waals surface area contributed by atoms with Crippen LogP contribution < -0.4 is 0 Å². The first-order valence-electron chi connectivity index (χ1n) is 6.37. The van der Waals surface area contributed by atoms with Crippen LogP contribution in [0.1, 0.15) is 30.4 Å². The van der Waals surface area contributed by atoms with Crippen molar-refractivity contribution in [3.63, 3.8) is 0 Å². The SMILES string of the molecule is O=C1C=C2c3ccc(O)c(Cl)c3C[C@@]23CC[C@H]1C3. The second-order valence-electron chi connectivity index (χ2n) is 5.78. The molecule has 0 amide bonds. The van der Waals surface area contributed by atoms with Crippen molar-refractivity contribution in [3.8, 4) is 5.75 Å². The summed E-state index contributed by atoms with van der Waals surface area (Å²) >= 11 is 6.21. The van der Waals surface area contributed by atoms with E-state index in [1.165, 1.54) is 0 Å². The number of hydrogen-bond donors (Lipinski definition) is 1. The Kier molecular flexibility index (Phi) is 1.88. The number of phenolic OH excluding ortho intramolecular Hbond substituents is 1. The zero-order valence-electron chi connectivity index (χ0n) is 9.87. The monoisotopic (exact) mass is 260 g/mol. The third-order valence-corrected chi connectivity index (χ3v) is 5.32. The highest BCUT2D eigenvalue weighted by Crippen LogP contribution is 2.61. The first-order valence-corrected chi connectivity index (χ1v) is 6.75. The van der Waals surface area contributed by atoms with Crippen molar-refractivity contribution in [1.82, 2.24) is 0 Å². The van der Waals surface area contributed by atoms with Crippen LogP contribution in [0.15, 0.2) is 18.2 Å². The Morgan fingerprint density at radius 3 is 3.06 bits per heavy atom. The fourth-order valence-electron chi connectivity index (χ4n) is 4.02. The van der Waals surface area contributed by atoms with Gasteiger partial charge < -0.3 is 5.11 Å². The molecule has 0 saturated heterocycles. The van der Waals surface area contributed by atoms with Gasteiger partial charge in [-0.15, -0.1) is 0 Å². The molecular formula is C15H13ClO2. The number of aromatic hydroxyl groups is 1. The van der Waals surface area contributed by atoms with Gasteiger partial charge in [-0.3, -0.25) is 4.79 Å². The molecule has 2 bridgehead atoms. The number of carbonyl (C=O) groups excluding carboxylic acids is 1. The lowest BCUT2D eigenvalue weighted by Crippen LogP contribution is -2.23. The highest BCUT2D eigenvalue weighted by atomic mass is 35.5. The quantitative estimate of drug-likeness (QED) is 0.777. The summed E-state index contributed by atoms with van der Waals surface area (Å²) in [5, 5.41) is 10.2. The fraction of sp³-hybridized carbons (Fsp3) is 0.400. The molecule has 0 heterocycles. The molecule has 0 aromatic heterocycles. The number of rotatable bonds is 0. The number of halogens is 1. The molecule has 3 heteroatoms. The molecule has 3 aliphatic carbocycles. The maximum atomic E-state index is 12.0. The number of fused-ring (bicyclic) bond motifs is 3. The number of hydrogen-bond acceptors (Lipinski definition) is 2. The van der Waals surface area contributed by atoms with Crippen LogP contribution in [0.2, 0.25) is 5.02 Å². The third-order valence-electron chi connectivity index (χ3n) is 4.90. The summed E-state index contributed by atoms with van der Waals surface area (Å²) in [6, 6.07) is 3.54. The smallest absolute Gasteiger partial charge is 0.159 e. The highest BCUT2D eigenvalue weighted by molar-refractivity contribution is 6.33. The molecule has 92 valence electrons. The van der Waals surface area contributed by atoms with E-state index in [2.05, 4.69) is 0 Å². The summed E-state index contributed by atoms with van der Waals surface area (Å²) in [5.41, 5.74) is 3.39. The third kappa shape index (κ3) is 1.12. The van der Waals surface area contributed by atoms with Crippen LogP contribution in [0, 0.1) is 11.3 Å². The Morgan fingerprint density at radius 1 is 1.39 bits per heavy atom. The molecule has 1 spiro atoms. The van der Waals surface area contributed by atoms with E-state index in [1.807, 2.05) is 12.1 Å². The van der Waals surface area contributed by atoms with E-state index in [4.69, 9.17) is 11.6 Å². The maximum Gasteiger partial charge on any atom is 0.159 e. The molecule has 2 atom stereocenters. The lowest BCUT2D eigenvalue weighted by Gasteiger charge is -2.28. The Morgan fingerprint density at radius 2 is 2.22 bits per heavy atom. The van der Waals surface area contributed by atoms with Gasteiger partial charge in [0.25, 0.3) is 0 Å². The minimum Gasteiger partial charge on any atom is -0.506 e. The van der Waals surface area contributed by atoms with Gasteiger partial charge in [0.1, 0.15) is 5.75 Å². The summed E-state index contributed by atoms with van der Waals surface area (Å²) in [6.45, 7) is 0. The van der Waals surface area contributed by atoms with Crippen molar-refractivity contribution in [2.45, 2.75) is 25.7 Å². The van der Waals surface area contributed by atoms with Crippen LogP contribution >= 0.6 is 11.6 Å². The Hall–Kier alpha value is -1.28. The summed E-state index contributed by atoms with van der Waals surface area (Å²) < 4.78 is 0. The molecule has 1 saturated carbocycles. The highest BCUT2D eigenvalue weighted by Gasteiger charge is 2.52. The summed E-state index contributed by atoms with van der Waals surface area (Å²) in [5.74, 6) is 0.637. The number of benzene rings is 1. The average molecular weight is 261 g/mol. The van der Waals surface area contributed by atoms with Crippen molar-refractivity contribution < 1.29 is 9.90 Å². The molecule has 0 radical (unpaired) electrons. The van der Waals surface area contributed by atoms with E-state index in [-0.39, 0.29) is 22.9 Å². The molecule has 18 heavy (non-hydrogen) atoms. The molecule has 1 N–H and O–H groups in total. The van der Waals surface area contributed by atoms with Gasteiger partial charge in [0, 0.05) is 11.3 Å². The van der Waals surface area contributed by atoms with Gasteiger partial charge in [0.05, 0.1) is 5.02 Å². The number of ketones is 1. The minimum atomic E-state index is 0.123. The molecule has 1 fully saturated rings. The van der Waals surface area contributed by atoms with Crippen LogP contribution in [0.25, 0.3) is 5.57 Å². The van der Waals surface area contributed by atoms with Crippen LogP contribution in [-0.4, -0.2) is 10.9 Å². The van der Waals surface area contributed by atoms with Crippen LogP contribution in [-0.2, 0) is 11.2 Å². The van der Waals surface area contributed by atoms with Gasteiger partial charge in [0.15, 0.2) is 5.78 Å². The largest absolute Gasteiger partial charge is 0.506 e. The van der Waals surface area contributed by atoms with Gasteiger partial charge in [-0.05, 0) is 54.5 Å². The van der Waals surface area contributed by atoms with E-state index in [0.29, 0.717) is 5.02 Å². The second-order valence-corrected chi connectivity index (χ2v) is 6.16. The predicted molar refractivity (Wildman–Crippen MR) is 69.6 cm³/mol. The number of phenols is 1. The molecule has 1 aromatic carbocycles. The van der Waals surface area contributed by atoms with Gasteiger partial charge in [-0.1, -0.05) is 17.7 Å². The summed E-state index contributed by atoms with van der Waals surface area (Å²) in [4.78, 5) is 12.0. The Bertz CT molecular complexity index is 617. The summed E-state index contributed by atoms with van der Waals surface area (Å²) in [7, 11) is 0. The molecule has 0 aliphatic heterocycles. The van der Waals surface area contributed by atoms with Crippen molar-refractivity contribution in [2.75, 3.05) is 0 Å². The lowest BCUT2D eigenvalue weighted by molar-refractivity contribution is -0.118. The van der Waals surface area contributed by atoms with Crippen molar-refractivity contribution in [2.24, 2.45) is 11.3 Å². The molecule has 3 aliphatic rings. The second kappa shape index (κ2) is 3.18. The van der Waals surface area contributed by atoms with E-state index >= 15 is 0 Å². The predicted octanol–water partition coefficient (Wildman–Crippen LogP) is 3.35. The zero-order chi connectivity index (χ0) is 12.5. The van der Waals surface area contributed by atoms with E-state index in [0.717, 1.165) is 42.4 Å². The average Bonchev–Trinajstić information content (AvgIpc) is 2.87. The molecule has 1 aromatic rings. The minimum absolute atomic E-state index is 0.123. The standard InChI is InChI=1S/C15H13ClO2/c16-14-10-7-15-4-3-8(6-15)13(18)5-11(15)9(10)1-2-12(14)17/h1-2,5,8,17H,3-4,6-7H2/t8-,15-/m0/s1. The Labute approximate surface area is 110 Å². The molecular weight excluding hydrogens is 248 g/mol. The van der Waals surface area contributed by atoms with Crippen LogP contribution in [0.3, 0.4) is 0 Å². The van der Waals surface area contributed by atoms with E-state index in [1.54, 1.807) is 6.07 Å². The van der Waals surface area contributed by atoms with E-state index < -0.39 is 0 Å². The van der Waals surface area contributed by atoms with Crippen molar-refractivity contribution >= 4 is 23.0 Å². The van der Waals surface area contributed by atoms with Gasteiger partial charge >= 0.3 is 0 Å². The van der Waals surface area contributed by atoms with Crippen molar-refractivity contribution in [3.05, 3.63) is 34.4 Å². The van der Waals surface area contributed by atoms with E-state index in [9.17, 15) is 9.90 Å². The molecule has 0 unspecified atom stereocenters. The molecule has 2 nitrogen and oxygen atoms in total. The van der Waals surface area contributed by atoms with Gasteiger partial charge in [-0.2, -0.15) is 0 Å². The number of carbonyl (C=O) groups is 1. The van der Waals surface area contributed by atoms with Crippen LogP contribution in [0.4, 0.5) is 0 Å². The Balaban J connectivity index is 1.98. The topological polar surface area (TPSA) is 37.3 Å². The first-order chi connectivity index (χ1) is 8.61. The first kappa shape index (κ1) is 10.6. The fourth-order valence-corrected chi connectivity index (χ4v) is 4.25. The number of allylic oxidation sites excluding steroid dienone is 2. The van der Waals surface area contributed by atoms with Crippen molar-refractivity contribution in [1.29, 1.82) is 0 Å². The lowest BCUT2D eigenvalue weighted by atomic mass is 9.74.